The van der Waals surface area contributed by atoms with Gasteiger partial charge in [-0.25, -0.2) is 0 Å². The average Bonchev–Trinajstić information content (AvgIpc) is 3.89. The molecule has 0 amide bonds. The summed E-state index contributed by atoms with van der Waals surface area (Å²) in [5.41, 5.74) is 6.30. The fraction of sp³-hybridized carbons (Fsp3) is 0.222. The molecular formula is C36H27ClN6O4S4. The first-order chi connectivity index (χ1) is 24.9. The second-order valence-corrected chi connectivity index (χ2v) is 15.8. The first-order valence-corrected chi connectivity index (χ1v) is 20.3. The molecule has 0 radical (unpaired) electrons. The van der Waals surface area contributed by atoms with Crippen LogP contribution in [0.2, 0.25) is 5.02 Å². The molecule has 0 unspecified atom stereocenters. The summed E-state index contributed by atoms with van der Waals surface area (Å²) in [4.78, 5) is 53.4. The van der Waals surface area contributed by atoms with E-state index >= 15 is 0 Å². The molecule has 10 rings (SSSR count). The Kier molecular flexibility index (Phi) is 9.70. The number of halogens is 1. The third kappa shape index (κ3) is 6.17. The van der Waals surface area contributed by atoms with Crippen LogP contribution in [0.1, 0.15) is 63.7 Å². The van der Waals surface area contributed by atoms with E-state index in [2.05, 4.69) is 27.7 Å². The highest BCUT2D eigenvalue weighted by atomic mass is 35.5. The maximum atomic E-state index is 13.0. The number of fused-ring (bicyclic) bond motifs is 8. The summed E-state index contributed by atoms with van der Waals surface area (Å²) in [7, 11) is 0. The van der Waals surface area contributed by atoms with Crippen LogP contribution in [0.25, 0.3) is 22.1 Å². The molecule has 4 aliphatic rings. The van der Waals surface area contributed by atoms with E-state index in [9.17, 15) is 19.2 Å². The second kappa shape index (κ2) is 14.5. The van der Waals surface area contributed by atoms with E-state index in [4.69, 9.17) is 11.6 Å². The molecule has 10 nitrogen and oxygen atoms in total. The standard InChI is InChI=1S/C18H13N3O2S2.C14H5ClN2O2S.C4H9NS/c22-17-10-3-1-2-4-11(10)18(23)14-12(17)9-13(15-16(14)20-25-19-15)21-5-7-24-8-6-21;15-9-5-8-10(12-11(9)16-20-17-12)14(19)7-4-2-1-3-6(7)13(8)18;1-3-6-4-2-5-1/h1-4,9H,5-8H2;1-5H;5H,1-4H2. The average molecular weight is 771 g/mol. The Morgan fingerprint density at radius 2 is 1.00 bits per heavy atom. The number of hydrogen-bond donors (Lipinski definition) is 1. The number of carbonyl (C=O) groups is 4. The van der Waals surface area contributed by atoms with Crippen molar-refractivity contribution in [2.24, 2.45) is 0 Å². The van der Waals surface area contributed by atoms with Crippen LogP contribution < -0.4 is 10.2 Å². The molecule has 256 valence electrons. The lowest BCUT2D eigenvalue weighted by molar-refractivity contribution is 0.0980. The number of thioether (sulfide) groups is 2. The molecular weight excluding hydrogens is 744 g/mol. The van der Waals surface area contributed by atoms with Gasteiger partial charge in [-0.1, -0.05) is 60.1 Å². The van der Waals surface area contributed by atoms with Crippen LogP contribution in [0.5, 0.6) is 0 Å². The Morgan fingerprint density at radius 3 is 1.51 bits per heavy atom. The van der Waals surface area contributed by atoms with Gasteiger partial charge >= 0.3 is 0 Å². The van der Waals surface area contributed by atoms with Crippen molar-refractivity contribution in [3.63, 3.8) is 0 Å². The number of nitrogens with zero attached hydrogens (tertiary/aromatic N) is 5. The Morgan fingerprint density at radius 1 is 0.549 bits per heavy atom. The lowest BCUT2D eigenvalue weighted by Gasteiger charge is -2.29. The van der Waals surface area contributed by atoms with E-state index in [1.54, 1.807) is 48.5 Å². The number of ketones is 4. The van der Waals surface area contributed by atoms with Crippen LogP contribution in [-0.2, 0) is 0 Å². The van der Waals surface area contributed by atoms with E-state index < -0.39 is 0 Å². The zero-order valence-electron chi connectivity index (χ0n) is 26.8. The predicted octanol–water partition coefficient (Wildman–Crippen LogP) is 6.46. The Bertz CT molecular complexity index is 2370. The fourth-order valence-corrected chi connectivity index (χ4v) is 9.63. The van der Waals surface area contributed by atoms with Crippen molar-refractivity contribution in [1.82, 2.24) is 22.8 Å². The fourth-order valence-electron chi connectivity index (χ4n) is 6.53. The Balaban J connectivity index is 0.000000128. The van der Waals surface area contributed by atoms with E-state index in [0.29, 0.717) is 66.1 Å². The maximum absolute atomic E-state index is 13.0. The quantitative estimate of drug-likeness (QED) is 0.196. The van der Waals surface area contributed by atoms with E-state index in [-0.39, 0.29) is 23.1 Å². The van der Waals surface area contributed by atoms with Gasteiger partial charge in [0, 0.05) is 82.6 Å². The van der Waals surface area contributed by atoms with Gasteiger partial charge < -0.3 is 10.2 Å². The third-order valence-electron chi connectivity index (χ3n) is 8.98. The number of nitrogens with one attached hydrogen (secondary N) is 1. The van der Waals surface area contributed by atoms with Crippen LogP contribution >= 0.6 is 58.6 Å². The van der Waals surface area contributed by atoms with Crippen molar-refractivity contribution < 1.29 is 19.2 Å². The van der Waals surface area contributed by atoms with Crippen LogP contribution in [0.3, 0.4) is 0 Å². The molecule has 51 heavy (non-hydrogen) atoms. The van der Waals surface area contributed by atoms with Gasteiger partial charge in [-0.3, -0.25) is 19.2 Å². The lowest BCUT2D eigenvalue weighted by Crippen LogP contribution is -2.33. The summed E-state index contributed by atoms with van der Waals surface area (Å²) in [5, 5.41) is 3.60. The second-order valence-electron chi connectivity index (χ2n) is 11.9. The summed E-state index contributed by atoms with van der Waals surface area (Å²) in [6.07, 6.45) is 0. The van der Waals surface area contributed by atoms with Crippen LogP contribution in [0.4, 0.5) is 5.69 Å². The number of benzene rings is 4. The first-order valence-electron chi connectivity index (χ1n) is 16.2. The van der Waals surface area contributed by atoms with Gasteiger partial charge in [0.2, 0.25) is 0 Å². The SMILES string of the molecule is C1CSCCN1.O=C1c2ccccc2C(=O)c2c1cc(Cl)c1nsnc21.O=C1c2ccccc2C(=O)c2c1cc(N1CCSCC1)c1nsnc21. The van der Waals surface area contributed by atoms with Crippen molar-refractivity contribution in [2.45, 2.75) is 0 Å². The third-order valence-corrected chi connectivity index (χ3v) is 12.3. The zero-order valence-corrected chi connectivity index (χ0v) is 30.8. The number of carbonyl (C=O) groups excluding carboxylic acids is 4. The number of hydrogen-bond acceptors (Lipinski definition) is 14. The van der Waals surface area contributed by atoms with Gasteiger partial charge in [0.05, 0.1) is 45.3 Å². The summed E-state index contributed by atoms with van der Waals surface area (Å²) in [6, 6.07) is 17.1. The smallest absolute Gasteiger partial charge is 0.196 e. The molecule has 2 aliphatic heterocycles. The molecule has 0 saturated carbocycles. The Labute approximate surface area is 314 Å². The lowest BCUT2D eigenvalue weighted by atomic mass is 9.83. The van der Waals surface area contributed by atoms with Gasteiger partial charge in [-0.2, -0.15) is 41.0 Å². The first kappa shape index (κ1) is 34.1. The van der Waals surface area contributed by atoms with Gasteiger partial charge in [0.1, 0.15) is 22.1 Å². The molecule has 4 heterocycles. The largest absolute Gasteiger partial charge is 0.368 e. The molecule has 1 N–H and O–H groups in total. The van der Waals surface area contributed by atoms with E-state index in [1.807, 2.05) is 29.6 Å². The van der Waals surface area contributed by atoms with Gasteiger partial charge in [0.15, 0.2) is 23.1 Å². The highest BCUT2D eigenvalue weighted by molar-refractivity contribution is 7.99. The number of aromatic nitrogens is 4. The molecule has 4 aromatic carbocycles. The molecule has 2 fully saturated rings. The summed E-state index contributed by atoms with van der Waals surface area (Å²) in [6.45, 7) is 4.25. The van der Waals surface area contributed by atoms with Crippen LogP contribution in [0.15, 0.2) is 60.7 Å². The number of anilines is 1. The van der Waals surface area contributed by atoms with Crippen molar-refractivity contribution in [3.8, 4) is 0 Å². The van der Waals surface area contributed by atoms with Crippen molar-refractivity contribution in [1.29, 1.82) is 0 Å². The minimum absolute atomic E-state index is 0.104. The normalized spacial score (nSPS) is 16.4. The molecule has 2 aliphatic carbocycles. The van der Waals surface area contributed by atoms with Crippen LogP contribution in [0, 0.1) is 0 Å². The molecule has 2 aromatic heterocycles. The predicted molar refractivity (Wildman–Crippen MR) is 206 cm³/mol. The highest BCUT2D eigenvalue weighted by Gasteiger charge is 2.35. The number of rotatable bonds is 1. The monoisotopic (exact) mass is 770 g/mol. The van der Waals surface area contributed by atoms with Gasteiger partial charge in [-0.15, -0.1) is 0 Å². The zero-order chi connectivity index (χ0) is 35.1. The molecule has 0 atom stereocenters. The van der Waals surface area contributed by atoms with Crippen molar-refractivity contribution >= 4 is 109 Å². The molecule has 0 bridgehead atoms. The maximum Gasteiger partial charge on any atom is 0.196 e. The van der Waals surface area contributed by atoms with Crippen LogP contribution in [-0.4, -0.2) is 89.8 Å². The molecule has 2 saturated heterocycles. The summed E-state index contributed by atoms with van der Waals surface area (Å²) < 4.78 is 17.0. The van der Waals surface area contributed by atoms with E-state index in [0.717, 1.165) is 59.3 Å². The van der Waals surface area contributed by atoms with Gasteiger partial charge in [0.25, 0.3) is 0 Å². The Hall–Kier alpha value is -4.05. The topological polar surface area (TPSA) is 135 Å². The molecule has 0 spiro atoms. The van der Waals surface area contributed by atoms with Crippen molar-refractivity contribution in [3.05, 3.63) is 110 Å². The summed E-state index contributed by atoms with van der Waals surface area (Å²) in [5.74, 6) is 4.06. The minimum atomic E-state index is -0.204. The van der Waals surface area contributed by atoms with Gasteiger partial charge in [-0.05, 0) is 12.1 Å². The molecule has 15 heteroatoms. The summed E-state index contributed by atoms with van der Waals surface area (Å²) >= 11 is 12.1. The molecule has 6 aromatic rings. The van der Waals surface area contributed by atoms with E-state index in [1.165, 1.54) is 30.7 Å². The highest BCUT2D eigenvalue weighted by Crippen LogP contribution is 2.38. The minimum Gasteiger partial charge on any atom is -0.368 e. The van der Waals surface area contributed by atoms with Crippen molar-refractivity contribution in [2.75, 3.05) is 54.1 Å².